The van der Waals surface area contributed by atoms with Crippen molar-refractivity contribution in [1.82, 2.24) is 19.4 Å². The maximum absolute atomic E-state index is 12.4. The molecule has 3 heterocycles. The van der Waals surface area contributed by atoms with Crippen LogP contribution in [0.4, 0.5) is 11.5 Å². The van der Waals surface area contributed by atoms with E-state index < -0.39 is 0 Å². The SMILES string of the molecule is CN1CCN(c2ccc(NC(=O)c3ccc(-n4ccnc4)cc3)nc2)CC1. The summed E-state index contributed by atoms with van der Waals surface area (Å²) in [6.07, 6.45) is 7.13. The number of carbonyl (C=O) groups excluding carboxylic acids is 1. The van der Waals surface area contributed by atoms with Crippen LogP contribution in [0, 0.1) is 0 Å². The zero-order chi connectivity index (χ0) is 18.6. The Labute approximate surface area is 158 Å². The molecule has 1 aliphatic heterocycles. The zero-order valence-corrected chi connectivity index (χ0v) is 15.2. The molecule has 1 saturated heterocycles. The Morgan fingerprint density at radius 3 is 2.37 bits per heavy atom. The Morgan fingerprint density at radius 2 is 1.74 bits per heavy atom. The second-order valence-electron chi connectivity index (χ2n) is 6.66. The Hall–Kier alpha value is -3.19. The highest BCUT2D eigenvalue weighted by Crippen LogP contribution is 2.17. The lowest BCUT2D eigenvalue weighted by Crippen LogP contribution is -2.44. The van der Waals surface area contributed by atoms with Crippen LogP contribution in [-0.4, -0.2) is 58.6 Å². The molecule has 0 unspecified atom stereocenters. The number of piperazine rings is 1. The van der Waals surface area contributed by atoms with Crippen molar-refractivity contribution in [3.8, 4) is 5.69 Å². The standard InChI is InChI=1S/C20H22N6O/c1-24-10-12-25(13-11-24)18-6-7-19(22-14-18)23-20(27)16-2-4-17(5-3-16)26-9-8-21-15-26/h2-9,14-15H,10-13H2,1H3,(H,22,23,27). The molecule has 7 nitrogen and oxygen atoms in total. The molecule has 1 N–H and O–H groups in total. The summed E-state index contributed by atoms with van der Waals surface area (Å²) in [6, 6.07) is 11.2. The number of hydrogen-bond donors (Lipinski definition) is 1. The number of carbonyl (C=O) groups is 1. The highest BCUT2D eigenvalue weighted by Gasteiger charge is 2.15. The summed E-state index contributed by atoms with van der Waals surface area (Å²) in [6.45, 7) is 4.08. The molecule has 1 amide bonds. The molecule has 0 bridgehead atoms. The second kappa shape index (κ2) is 7.59. The molecule has 0 aliphatic carbocycles. The maximum atomic E-state index is 12.4. The fraction of sp³-hybridized carbons (Fsp3) is 0.250. The lowest BCUT2D eigenvalue weighted by Gasteiger charge is -2.33. The molecule has 1 fully saturated rings. The van der Waals surface area contributed by atoms with Crippen LogP contribution in [-0.2, 0) is 0 Å². The van der Waals surface area contributed by atoms with E-state index in [1.807, 2.05) is 41.2 Å². The summed E-state index contributed by atoms with van der Waals surface area (Å²) in [7, 11) is 2.14. The minimum absolute atomic E-state index is 0.174. The van der Waals surface area contributed by atoms with Crippen LogP contribution >= 0.6 is 0 Å². The Bertz CT molecular complexity index is 881. The quantitative estimate of drug-likeness (QED) is 0.771. The van der Waals surface area contributed by atoms with Gasteiger partial charge in [0.25, 0.3) is 5.91 Å². The summed E-state index contributed by atoms with van der Waals surface area (Å²) in [5.74, 6) is 0.378. The average molecular weight is 362 g/mol. The molecule has 0 saturated carbocycles. The minimum Gasteiger partial charge on any atom is -0.368 e. The first kappa shape index (κ1) is 17.2. The van der Waals surface area contributed by atoms with E-state index in [9.17, 15) is 4.79 Å². The van der Waals surface area contributed by atoms with Gasteiger partial charge in [-0.15, -0.1) is 0 Å². The van der Waals surface area contributed by atoms with E-state index in [0.29, 0.717) is 11.4 Å². The highest BCUT2D eigenvalue weighted by atomic mass is 16.1. The maximum Gasteiger partial charge on any atom is 0.256 e. The van der Waals surface area contributed by atoms with Crippen molar-refractivity contribution in [2.75, 3.05) is 43.4 Å². The van der Waals surface area contributed by atoms with Gasteiger partial charge in [0.2, 0.25) is 0 Å². The van der Waals surface area contributed by atoms with Gasteiger partial charge in [-0.3, -0.25) is 4.79 Å². The van der Waals surface area contributed by atoms with E-state index in [-0.39, 0.29) is 5.91 Å². The van der Waals surface area contributed by atoms with Crippen molar-refractivity contribution in [3.05, 3.63) is 66.9 Å². The van der Waals surface area contributed by atoms with Gasteiger partial charge in [0.1, 0.15) is 5.82 Å². The van der Waals surface area contributed by atoms with Crippen LogP contribution in [0.3, 0.4) is 0 Å². The van der Waals surface area contributed by atoms with Gasteiger partial charge in [0.15, 0.2) is 0 Å². The van der Waals surface area contributed by atoms with Crippen molar-refractivity contribution in [3.63, 3.8) is 0 Å². The van der Waals surface area contributed by atoms with E-state index in [4.69, 9.17) is 0 Å². The smallest absolute Gasteiger partial charge is 0.256 e. The lowest BCUT2D eigenvalue weighted by atomic mass is 10.2. The predicted octanol–water partition coefficient (Wildman–Crippen LogP) is 2.27. The summed E-state index contributed by atoms with van der Waals surface area (Å²) < 4.78 is 1.89. The van der Waals surface area contributed by atoms with E-state index in [1.165, 1.54) is 0 Å². The third kappa shape index (κ3) is 3.98. The van der Waals surface area contributed by atoms with Gasteiger partial charge in [-0.2, -0.15) is 0 Å². The molecule has 0 atom stereocenters. The van der Waals surface area contributed by atoms with E-state index >= 15 is 0 Å². The molecule has 1 aromatic carbocycles. The van der Waals surface area contributed by atoms with Gasteiger partial charge in [-0.05, 0) is 43.4 Å². The van der Waals surface area contributed by atoms with Crippen LogP contribution in [0.15, 0.2) is 61.3 Å². The van der Waals surface area contributed by atoms with Gasteiger partial charge >= 0.3 is 0 Å². The van der Waals surface area contributed by atoms with Crippen molar-refractivity contribution in [2.24, 2.45) is 0 Å². The third-order valence-electron chi connectivity index (χ3n) is 4.79. The number of imidazole rings is 1. The van der Waals surface area contributed by atoms with Crippen LogP contribution in [0.1, 0.15) is 10.4 Å². The number of anilines is 2. The van der Waals surface area contributed by atoms with Crippen molar-refractivity contribution < 1.29 is 4.79 Å². The van der Waals surface area contributed by atoms with Gasteiger partial charge in [-0.1, -0.05) is 0 Å². The zero-order valence-electron chi connectivity index (χ0n) is 15.2. The number of likely N-dealkylation sites (N-methyl/N-ethyl adjacent to an activating group) is 1. The number of aromatic nitrogens is 3. The summed E-state index contributed by atoms with van der Waals surface area (Å²) in [4.78, 5) is 25.5. The number of pyridine rings is 1. The fourth-order valence-corrected chi connectivity index (χ4v) is 3.10. The number of hydrogen-bond acceptors (Lipinski definition) is 5. The average Bonchev–Trinajstić information content (AvgIpc) is 3.24. The van der Waals surface area contributed by atoms with E-state index in [1.54, 1.807) is 24.7 Å². The molecule has 4 rings (SSSR count). The van der Waals surface area contributed by atoms with Crippen LogP contribution in [0.2, 0.25) is 0 Å². The number of amides is 1. The molecular formula is C20H22N6O. The van der Waals surface area contributed by atoms with Crippen molar-refractivity contribution in [2.45, 2.75) is 0 Å². The van der Waals surface area contributed by atoms with Crippen LogP contribution < -0.4 is 10.2 Å². The summed E-state index contributed by atoms with van der Waals surface area (Å²) in [5, 5.41) is 2.85. The fourth-order valence-electron chi connectivity index (χ4n) is 3.10. The monoisotopic (exact) mass is 362 g/mol. The number of rotatable bonds is 4. The molecule has 0 radical (unpaired) electrons. The molecule has 138 valence electrons. The van der Waals surface area contributed by atoms with E-state index in [2.05, 4.69) is 32.1 Å². The van der Waals surface area contributed by atoms with Gasteiger partial charge in [-0.25, -0.2) is 9.97 Å². The summed E-state index contributed by atoms with van der Waals surface area (Å²) in [5.41, 5.74) is 2.63. The summed E-state index contributed by atoms with van der Waals surface area (Å²) >= 11 is 0. The molecule has 3 aromatic rings. The lowest BCUT2D eigenvalue weighted by molar-refractivity contribution is 0.102. The normalized spacial score (nSPS) is 14.9. The number of benzene rings is 1. The molecular weight excluding hydrogens is 340 g/mol. The molecule has 2 aromatic heterocycles. The van der Waals surface area contributed by atoms with Crippen LogP contribution in [0.25, 0.3) is 5.69 Å². The number of nitrogens with one attached hydrogen (secondary N) is 1. The Kier molecular flexibility index (Phi) is 4.84. The second-order valence-corrected chi connectivity index (χ2v) is 6.66. The first-order chi connectivity index (χ1) is 13.2. The Balaban J connectivity index is 1.39. The van der Waals surface area contributed by atoms with Crippen LogP contribution in [0.5, 0.6) is 0 Å². The largest absolute Gasteiger partial charge is 0.368 e. The molecule has 1 aliphatic rings. The van der Waals surface area contributed by atoms with Crippen molar-refractivity contribution >= 4 is 17.4 Å². The molecule has 0 spiro atoms. The first-order valence-corrected chi connectivity index (χ1v) is 8.98. The molecule has 27 heavy (non-hydrogen) atoms. The predicted molar refractivity (Wildman–Crippen MR) is 105 cm³/mol. The van der Waals surface area contributed by atoms with Gasteiger partial charge in [0, 0.05) is 49.8 Å². The Morgan fingerprint density at radius 1 is 1.00 bits per heavy atom. The highest BCUT2D eigenvalue weighted by molar-refractivity contribution is 6.03. The number of nitrogens with zero attached hydrogens (tertiary/aromatic N) is 5. The molecule has 7 heteroatoms. The van der Waals surface area contributed by atoms with Crippen molar-refractivity contribution in [1.29, 1.82) is 0 Å². The minimum atomic E-state index is -0.174. The topological polar surface area (TPSA) is 66.3 Å². The van der Waals surface area contributed by atoms with Gasteiger partial charge in [0.05, 0.1) is 18.2 Å². The van der Waals surface area contributed by atoms with E-state index in [0.717, 1.165) is 37.6 Å². The third-order valence-corrected chi connectivity index (χ3v) is 4.79. The first-order valence-electron chi connectivity index (χ1n) is 8.98. The van der Waals surface area contributed by atoms with Gasteiger partial charge < -0.3 is 19.7 Å².